The number of esters is 1. The van der Waals surface area contributed by atoms with Crippen molar-refractivity contribution in [2.24, 2.45) is 0 Å². The molecule has 2 aromatic heterocycles. The minimum Gasteiger partial charge on any atom is -0.497 e. The van der Waals surface area contributed by atoms with Crippen molar-refractivity contribution in [1.29, 1.82) is 0 Å². The van der Waals surface area contributed by atoms with Crippen LogP contribution in [0.1, 0.15) is 12.6 Å². The van der Waals surface area contributed by atoms with E-state index in [-0.39, 0.29) is 6.61 Å². The molecule has 0 atom stereocenters. The van der Waals surface area contributed by atoms with Crippen molar-refractivity contribution < 1.29 is 19.1 Å². The van der Waals surface area contributed by atoms with Gasteiger partial charge in [0.05, 0.1) is 25.1 Å². The number of nitrogens with zero attached hydrogens (tertiary/aromatic N) is 3. The molecule has 140 valence electrons. The van der Waals surface area contributed by atoms with Crippen molar-refractivity contribution >= 4 is 29.0 Å². The summed E-state index contributed by atoms with van der Waals surface area (Å²) in [4.78, 5) is 28.1. The fourth-order valence-electron chi connectivity index (χ4n) is 2.35. The minimum absolute atomic E-state index is 0.127. The highest BCUT2D eigenvalue weighted by molar-refractivity contribution is 7.12. The van der Waals surface area contributed by atoms with Gasteiger partial charge in [-0.1, -0.05) is 0 Å². The van der Waals surface area contributed by atoms with Crippen LogP contribution in [0.15, 0.2) is 35.7 Å². The van der Waals surface area contributed by atoms with Crippen molar-refractivity contribution in [1.82, 2.24) is 14.8 Å². The van der Waals surface area contributed by atoms with E-state index in [9.17, 15) is 9.59 Å². The van der Waals surface area contributed by atoms with Crippen LogP contribution in [0.2, 0.25) is 0 Å². The van der Waals surface area contributed by atoms with Gasteiger partial charge in [0.15, 0.2) is 0 Å². The lowest BCUT2D eigenvalue weighted by Crippen LogP contribution is -2.26. The van der Waals surface area contributed by atoms with E-state index in [1.807, 2.05) is 29.6 Å². The van der Waals surface area contributed by atoms with E-state index in [0.29, 0.717) is 16.6 Å². The summed E-state index contributed by atoms with van der Waals surface area (Å²) in [5.41, 5.74) is 2.38. The van der Waals surface area contributed by atoms with Crippen LogP contribution in [0.5, 0.6) is 5.75 Å². The molecule has 0 aliphatic rings. The molecule has 8 nitrogen and oxygen atoms in total. The molecule has 3 rings (SSSR count). The van der Waals surface area contributed by atoms with Crippen LogP contribution in [0, 0.1) is 6.92 Å². The second kappa shape index (κ2) is 8.00. The average Bonchev–Trinajstić information content (AvgIpc) is 3.28. The Morgan fingerprint density at radius 3 is 2.67 bits per heavy atom. The zero-order valence-electron chi connectivity index (χ0n) is 15.1. The van der Waals surface area contributed by atoms with Gasteiger partial charge in [0.25, 0.3) is 0 Å². The lowest BCUT2D eigenvalue weighted by Gasteiger charge is -2.06. The Kier molecular flexibility index (Phi) is 5.51. The highest BCUT2D eigenvalue weighted by atomic mass is 32.1. The number of rotatable bonds is 5. The Morgan fingerprint density at radius 2 is 2.00 bits per heavy atom. The van der Waals surface area contributed by atoms with Crippen LogP contribution in [0.25, 0.3) is 16.4 Å². The molecule has 1 N–H and O–H groups in total. The molecular formula is C18H18N4O4S. The van der Waals surface area contributed by atoms with E-state index in [0.717, 1.165) is 17.0 Å². The van der Waals surface area contributed by atoms with E-state index < -0.39 is 11.9 Å². The number of aryl methyl sites for hydroxylation is 1. The van der Waals surface area contributed by atoms with Gasteiger partial charge < -0.3 is 14.8 Å². The van der Waals surface area contributed by atoms with E-state index >= 15 is 0 Å². The molecule has 27 heavy (non-hydrogen) atoms. The first-order chi connectivity index (χ1) is 13.0. The SMILES string of the molecule is CCOC(=O)C(=O)Nc1cc(C)nn1-c1nc(-c2ccc(OC)cc2)cs1. The molecule has 0 aliphatic heterocycles. The number of anilines is 1. The number of amides is 1. The molecule has 2 heterocycles. The molecule has 9 heteroatoms. The van der Waals surface area contributed by atoms with Crippen LogP contribution >= 0.6 is 11.3 Å². The molecule has 0 saturated carbocycles. The van der Waals surface area contributed by atoms with E-state index in [1.165, 1.54) is 16.0 Å². The Labute approximate surface area is 159 Å². The average molecular weight is 386 g/mol. The fourth-order valence-corrected chi connectivity index (χ4v) is 3.15. The summed E-state index contributed by atoms with van der Waals surface area (Å²) < 4.78 is 11.4. The molecule has 0 fully saturated rings. The zero-order chi connectivity index (χ0) is 19.4. The molecule has 1 aromatic carbocycles. The number of carbonyl (C=O) groups excluding carboxylic acids is 2. The van der Waals surface area contributed by atoms with Gasteiger partial charge in [0.1, 0.15) is 11.6 Å². The molecule has 0 spiro atoms. The molecule has 3 aromatic rings. The minimum atomic E-state index is -0.944. The third-order valence-electron chi connectivity index (χ3n) is 3.59. The fraction of sp³-hybridized carbons (Fsp3) is 0.222. The predicted octanol–water partition coefficient (Wildman–Crippen LogP) is 2.81. The van der Waals surface area contributed by atoms with Gasteiger partial charge in [-0.05, 0) is 38.1 Å². The monoisotopic (exact) mass is 386 g/mol. The molecule has 0 radical (unpaired) electrons. The standard InChI is InChI=1S/C18H18N4O4S/c1-4-26-17(24)16(23)20-15-9-11(2)21-22(15)18-19-14(10-27-18)12-5-7-13(25-3)8-6-12/h5-10H,4H2,1-3H3,(H,20,23). The van der Waals surface area contributed by atoms with Crippen molar-refractivity contribution in [3.05, 3.63) is 41.4 Å². The smallest absolute Gasteiger partial charge is 0.397 e. The lowest BCUT2D eigenvalue weighted by molar-refractivity contribution is -0.152. The number of benzene rings is 1. The van der Waals surface area contributed by atoms with Gasteiger partial charge in [0, 0.05) is 17.0 Å². The van der Waals surface area contributed by atoms with E-state index in [4.69, 9.17) is 9.47 Å². The number of aromatic nitrogens is 3. The van der Waals surface area contributed by atoms with Gasteiger partial charge >= 0.3 is 11.9 Å². The van der Waals surface area contributed by atoms with Crippen molar-refractivity contribution in [2.45, 2.75) is 13.8 Å². The highest BCUT2D eigenvalue weighted by Crippen LogP contribution is 2.27. The van der Waals surface area contributed by atoms with Gasteiger partial charge in [0.2, 0.25) is 5.13 Å². The van der Waals surface area contributed by atoms with Crippen LogP contribution in [-0.4, -0.2) is 40.4 Å². The maximum absolute atomic E-state index is 11.9. The summed E-state index contributed by atoms with van der Waals surface area (Å²) in [7, 11) is 1.61. The molecule has 0 saturated heterocycles. The van der Waals surface area contributed by atoms with Crippen LogP contribution in [0.4, 0.5) is 5.82 Å². The maximum Gasteiger partial charge on any atom is 0.397 e. The Balaban J connectivity index is 1.86. The number of hydrogen-bond acceptors (Lipinski definition) is 7. The zero-order valence-corrected chi connectivity index (χ0v) is 15.9. The number of thiazole rings is 1. The summed E-state index contributed by atoms with van der Waals surface area (Å²) in [6, 6.07) is 9.20. The summed E-state index contributed by atoms with van der Waals surface area (Å²) in [6.07, 6.45) is 0. The van der Waals surface area contributed by atoms with Crippen molar-refractivity contribution in [3.63, 3.8) is 0 Å². The first-order valence-electron chi connectivity index (χ1n) is 8.17. The summed E-state index contributed by atoms with van der Waals surface area (Å²) in [5, 5.41) is 9.32. The second-order valence-corrected chi connectivity index (χ2v) is 6.34. The van der Waals surface area contributed by atoms with Gasteiger partial charge in [-0.15, -0.1) is 11.3 Å². The number of methoxy groups -OCH3 is 1. The van der Waals surface area contributed by atoms with E-state index in [2.05, 4.69) is 15.4 Å². The summed E-state index contributed by atoms with van der Waals surface area (Å²) in [6.45, 7) is 3.55. The Hall–Kier alpha value is -3.20. The van der Waals surface area contributed by atoms with E-state index in [1.54, 1.807) is 27.0 Å². The highest BCUT2D eigenvalue weighted by Gasteiger charge is 2.19. The maximum atomic E-state index is 11.9. The van der Waals surface area contributed by atoms with Crippen molar-refractivity contribution in [3.8, 4) is 22.1 Å². The molecule has 0 bridgehead atoms. The molecular weight excluding hydrogens is 368 g/mol. The third-order valence-corrected chi connectivity index (χ3v) is 4.41. The van der Waals surface area contributed by atoms with Crippen LogP contribution < -0.4 is 10.1 Å². The first-order valence-corrected chi connectivity index (χ1v) is 9.05. The number of nitrogens with one attached hydrogen (secondary N) is 1. The van der Waals surface area contributed by atoms with Gasteiger partial charge in [-0.25, -0.2) is 9.78 Å². The van der Waals surface area contributed by atoms with Crippen molar-refractivity contribution in [2.75, 3.05) is 19.0 Å². The van der Waals surface area contributed by atoms with Gasteiger partial charge in [-0.2, -0.15) is 9.78 Å². The largest absolute Gasteiger partial charge is 0.497 e. The lowest BCUT2D eigenvalue weighted by atomic mass is 10.2. The molecule has 1 amide bonds. The second-order valence-electron chi connectivity index (χ2n) is 5.50. The van der Waals surface area contributed by atoms with Gasteiger partial charge in [-0.3, -0.25) is 4.79 Å². The topological polar surface area (TPSA) is 95.3 Å². The number of hydrogen-bond donors (Lipinski definition) is 1. The quantitative estimate of drug-likeness (QED) is 0.535. The number of carbonyl (C=O) groups is 2. The molecule has 0 unspecified atom stereocenters. The Morgan fingerprint density at radius 1 is 1.26 bits per heavy atom. The molecule has 0 aliphatic carbocycles. The third kappa shape index (κ3) is 4.14. The normalized spacial score (nSPS) is 10.5. The predicted molar refractivity (Wildman–Crippen MR) is 101 cm³/mol. The van der Waals surface area contributed by atoms with Crippen LogP contribution in [0.3, 0.4) is 0 Å². The number of ether oxygens (including phenoxy) is 2. The van der Waals surface area contributed by atoms with Crippen LogP contribution in [-0.2, 0) is 14.3 Å². The summed E-state index contributed by atoms with van der Waals surface area (Å²) >= 11 is 1.37. The summed E-state index contributed by atoms with van der Waals surface area (Å²) in [5.74, 6) is -0.687. The Bertz CT molecular complexity index is 962. The first kappa shape index (κ1) is 18.6.